The zero-order valence-electron chi connectivity index (χ0n) is 15.5. The molecule has 0 radical (unpaired) electrons. The number of para-hydroxylation sites is 1. The second-order valence-corrected chi connectivity index (χ2v) is 6.43. The molecule has 1 fully saturated rings. The van der Waals surface area contributed by atoms with Crippen molar-refractivity contribution in [1.82, 2.24) is 14.7 Å². The van der Waals surface area contributed by atoms with Gasteiger partial charge in [-0.1, -0.05) is 18.2 Å². The fourth-order valence-corrected chi connectivity index (χ4v) is 3.26. The predicted molar refractivity (Wildman–Crippen MR) is 112 cm³/mol. The molecule has 6 heteroatoms. The number of hydrogen-bond acceptors (Lipinski definition) is 3. The number of methoxy groups -OCH3 is 1. The molecular weight excluding hydrogens is 415 g/mol. The first-order chi connectivity index (χ1) is 11.0. The van der Waals surface area contributed by atoms with E-state index in [0.29, 0.717) is 0 Å². The van der Waals surface area contributed by atoms with Crippen molar-refractivity contribution in [3.05, 3.63) is 29.8 Å². The van der Waals surface area contributed by atoms with Crippen LogP contribution in [0.3, 0.4) is 0 Å². The van der Waals surface area contributed by atoms with Crippen LogP contribution in [0, 0.1) is 0 Å². The highest BCUT2D eigenvalue weighted by molar-refractivity contribution is 14.0. The van der Waals surface area contributed by atoms with Gasteiger partial charge in [-0.3, -0.25) is 9.89 Å². The Labute approximate surface area is 163 Å². The Hall–Kier alpha value is -1.02. The molecule has 0 bridgehead atoms. The topological polar surface area (TPSA) is 31.3 Å². The Bertz CT molecular complexity index is 518. The van der Waals surface area contributed by atoms with Crippen molar-refractivity contribution in [2.24, 2.45) is 4.99 Å². The summed E-state index contributed by atoms with van der Waals surface area (Å²) in [6.07, 6.45) is 2.53. The van der Waals surface area contributed by atoms with Crippen molar-refractivity contribution in [3.8, 4) is 5.75 Å². The van der Waals surface area contributed by atoms with Crippen LogP contribution in [0.15, 0.2) is 29.3 Å². The smallest absolute Gasteiger partial charge is 0.195 e. The SMILES string of the molecule is COc1ccccc1C(CN=C(N(C)C)N(C)C)N1CCCC1.I. The van der Waals surface area contributed by atoms with Crippen molar-refractivity contribution < 1.29 is 4.74 Å². The summed E-state index contributed by atoms with van der Waals surface area (Å²) >= 11 is 0. The Morgan fingerprint density at radius 1 is 1.12 bits per heavy atom. The fourth-order valence-electron chi connectivity index (χ4n) is 3.26. The van der Waals surface area contributed by atoms with Crippen LogP contribution in [0.1, 0.15) is 24.4 Å². The summed E-state index contributed by atoms with van der Waals surface area (Å²) in [5, 5.41) is 0. The molecular formula is C18H31IN4O. The van der Waals surface area contributed by atoms with Gasteiger partial charge in [0.1, 0.15) is 5.75 Å². The van der Waals surface area contributed by atoms with Gasteiger partial charge in [-0.05, 0) is 32.0 Å². The maximum Gasteiger partial charge on any atom is 0.195 e. The van der Waals surface area contributed by atoms with Crippen molar-refractivity contribution in [2.45, 2.75) is 18.9 Å². The Balaban J connectivity index is 0.00000288. The lowest BCUT2D eigenvalue weighted by Gasteiger charge is -2.29. The Morgan fingerprint density at radius 3 is 2.25 bits per heavy atom. The van der Waals surface area contributed by atoms with Crippen molar-refractivity contribution >= 4 is 29.9 Å². The van der Waals surface area contributed by atoms with E-state index in [2.05, 4.69) is 26.8 Å². The van der Waals surface area contributed by atoms with E-state index in [4.69, 9.17) is 9.73 Å². The number of aliphatic imine (C=N–C) groups is 1. The van der Waals surface area contributed by atoms with E-state index in [1.165, 1.54) is 18.4 Å². The van der Waals surface area contributed by atoms with E-state index in [9.17, 15) is 0 Å². The molecule has 0 aliphatic carbocycles. The first-order valence-corrected chi connectivity index (χ1v) is 8.30. The summed E-state index contributed by atoms with van der Waals surface area (Å²) in [6.45, 7) is 3.01. The lowest BCUT2D eigenvalue weighted by molar-refractivity contribution is 0.244. The molecule has 0 saturated carbocycles. The molecule has 1 aliphatic heterocycles. The number of likely N-dealkylation sites (tertiary alicyclic amines) is 1. The summed E-state index contributed by atoms with van der Waals surface area (Å²) < 4.78 is 5.59. The summed E-state index contributed by atoms with van der Waals surface area (Å²) in [7, 11) is 9.88. The van der Waals surface area contributed by atoms with Crippen molar-refractivity contribution in [2.75, 3.05) is 54.9 Å². The molecule has 0 amide bonds. The normalized spacial score (nSPS) is 15.4. The van der Waals surface area contributed by atoms with Crippen LogP contribution in [0.25, 0.3) is 0 Å². The largest absolute Gasteiger partial charge is 0.496 e. The van der Waals surface area contributed by atoms with Gasteiger partial charge >= 0.3 is 0 Å². The van der Waals surface area contributed by atoms with Crippen LogP contribution in [-0.2, 0) is 0 Å². The van der Waals surface area contributed by atoms with Gasteiger partial charge in [-0.25, -0.2) is 0 Å². The lowest BCUT2D eigenvalue weighted by Crippen LogP contribution is -2.37. The van der Waals surface area contributed by atoms with E-state index >= 15 is 0 Å². The molecule has 1 heterocycles. The molecule has 0 spiro atoms. The van der Waals surface area contributed by atoms with Crippen LogP contribution >= 0.6 is 24.0 Å². The van der Waals surface area contributed by atoms with Crippen LogP contribution in [0.5, 0.6) is 5.75 Å². The van der Waals surface area contributed by atoms with Gasteiger partial charge in [-0.2, -0.15) is 0 Å². The third kappa shape index (κ3) is 5.24. The quantitative estimate of drug-likeness (QED) is 0.396. The highest BCUT2D eigenvalue weighted by Gasteiger charge is 2.26. The summed E-state index contributed by atoms with van der Waals surface area (Å²) in [5.41, 5.74) is 1.23. The third-order valence-electron chi connectivity index (χ3n) is 4.28. The fraction of sp³-hybridized carbons (Fsp3) is 0.611. The van der Waals surface area contributed by atoms with Crippen LogP contribution < -0.4 is 4.74 Å². The number of halogens is 1. The molecule has 24 heavy (non-hydrogen) atoms. The molecule has 1 aliphatic rings. The second kappa shape index (κ2) is 10.1. The van der Waals surface area contributed by atoms with Gasteiger partial charge in [-0.15, -0.1) is 24.0 Å². The third-order valence-corrected chi connectivity index (χ3v) is 4.28. The average molecular weight is 446 g/mol. The monoisotopic (exact) mass is 446 g/mol. The first-order valence-electron chi connectivity index (χ1n) is 8.30. The van der Waals surface area contributed by atoms with Gasteiger partial charge in [0.25, 0.3) is 0 Å². The van der Waals surface area contributed by atoms with Crippen LogP contribution in [0.4, 0.5) is 0 Å². The highest BCUT2D eigenvalue weighted by atomic mass is 127. The van der Waals surface area contributed by atoms with Crippen LogP contribution in [-0.4, -0.2) is 75.6 Å². The lowest BCUT2D eigenvalue weighted by atomic mass is 10.0. The van der Waals surface area contributed by atoms with Crippen LogP contribution in [0.2, 0.25) is 0 Å². The summed E-state index contributed by atoms with van der Waals surface area (Å²) in [6, 6.07) is 8.59. The molecule has 0 N–H and O–H groups in total. The van der Waals surface area contributed by atoms with E-state index in [1.54, 1.807) is 7.11 Å². The van der Waals surface area contributed by atoms with Crippen molar-refractivity contribution in [3.63, 3.8) is 0 Å². The highest BCUT2D eigenvalue weighted by Crippen LogP contribution is 2.31. The summed E-state index contributed by atoms with van der Waals surface area (Å²) in [5.74, 6) is 1.94. The number of hydrogen-bond donors (Lipinski definition) is 0. The van der Waals surface area contributed by atoms with E-state index in [1.807, 2.05) is 40.3 Å². The maximum absolute atomic E-state index is 5.59. The maximum atomic E-state index is 5.59. The van der Waals surface area contributed by atoms with Gasteiger partial charge in [0, 0.05) is 33.8 Å². The zero-order chi connectivity index (χ0) is 16.8. The standard InChI is InChI=1S/C18H30N4O.HI/c1-20(2)18(21(3)4)19-14-16(22-12-8-9-13-22)15-10-6-7-11-17(15)23-5;/h6-7,10-11,16H,8-9,12-14H2,1-5H3;1H. The molecule has 1 saturated heterocycles. The van der Waals surface area contributed by atoms with Gasteiger partial charge in [0.05, 0.1) is 19.7 Å². The number of rotatable bonds is 5. The molecule has 2 rings (SSSR count). The molecule has 5 nitrogen and oxygen atoms in total. The van der Waals surface area contributed by atoms with Crippen molar-refractivity contribution in [1.29, 1.82) is 0 Å². The van der Waals surface area contributed by atoms with Gasteiger partial charge in [0.15, 0.2) is 5.96 Å². The molecule has 1 aromatic carbocycles. The molecule has 1 aromatic rings. The van der Waals surface area contributed by atoms with E-state index in [0.717, 1.165) is 31.3 Å². The second-order valence-electron chi connectivity index (χ2n) is 6.43. The minimum absolute atomic E-state index is 0. The minimum atomic E-state index is 0. The Morgan fingerprint density at radius 2 is 1.71 bits per heavy atom. The molecule has 1 unspecified atom stereocenters. The molecule has 0 aromatic heterocycles. The first kappa shape index (κ1) is 21.0. The Kier molecular flexibility index (Phi) is 8.83. The molecule has 136 valence electrons. The summed E-state index contributed by atoms with van der Waals surface area (Å²) in [4.78, 5) is 11.5. The van der Waals surface area contributed by atoms with E-state index < -0.39 is 0 Å². The number of benzene rings is 1. The number of nitrogens with zero attached hydrogens (tertiary/aromatic N) is 4. The number of ether oxygens (including phenoxy) is 1. The zero-order valence-corrected chi connectivity index (χ0v) is 17.9. The van der Waals surface area contributed by atoms with E-state index in [-0.39, 0.29) is 30.0 Å². The van der Waals surface area contributed by atoms with Gasteiger partial charge < -0.3 is 14.5 Å². The molecule has 1 atom stereocenters. The van der Waals surface area contributed by atoms with Gasteiger partial charge in [0.2, 0.25) is 0 Å². The number of guanidine groups is 1. The predicted octanol–water partition coefficient (Wildman–Crippen LogP) is 2.93. The average Bonchev–Trinajstić information content (AvgIpc) is 3.05. The minimum Gasteiger partial charge on any atom is -0.496 e.